The van der Waals surface area contributed by atoms with E-state index < -0.39 is 8.03 Å². The predicted octanol–water partition coefficient (Wildman–Crippen LogP) is 0.680. The van der Waals surface area contributed by atoms with Crippen LogP contribution in [0.3, 0.4) is 0 Å². The second-order valence-electron chi connectivity index (χ2n) is 5.21. The quantitative estimate of drug-likeness (QED) is 0.201. The first-order valence-corrected chi connectivity index (χ1v) is 9.54. The molecule has 0 saturated heterocycles. The Hall–Kier alpha value is 1.30. The summed E-state index contributed by atoms with van der Waals surface area (Å²) in [7, 11) is -2.49. The van der Waals surface area contributed by atoms with Gasteiger partial charge in [0, 0.05) is 14.4 Å². The number of hydrogen-bond donors (Lipinski definition) is 0. The fourth-order valence-corrected chi connectivity index (χ4v) is 2.72. The number of hydrogen-bond acceptors (Lipinski definition) is 4. The molecule has 0 N–H and O–H groups in total. The van der Waals surface area contributed by atoms with Gasteiger partial charge in [-0.3, -0.25) is 4.79 Å². The third kappa shape index (κ3) is 21.3. The molecule has 0 aliphatic rings. The van der Waals surface area contributed by atoms with Crippen molar-refractivity contribution in [2.45, 2.75) is 77.6 Å². The maximum atomic E-state index is 11.1. The van der Waals surface area contributed by atoms with Crippen molar-refractivity contribution in [2.75, 3.05) is 12.8 Å². The van der Waals surface area contributed by atoms with Gasteiger partial charge in [-0.2, -0.15) is 0 Å². The third-order valence-electron chi connectivity index (χ3n) is 3.32. The van der Waals surface area contributed by atoms with Crippen molar-refractivity contribution in [1.29, 1.82) is 0 Å². The molecule has 0 aliphatic carbocycles. The van der Waals surface area contributed by atoms with Gasteiger partial charge in [-0.15, -0.1) is 0 Å². The van der Waals surface area contributed by atoms with E-state index in [0.717, 1.165) is 32.1 Å². The van der Waals surface area contributed by atoms with Crippen molar-refractivity contribution in [2.24, 2.45) is 0 Å². The summed E-state index contributed by atoms with van der Waals surface area (Å²) >= 11 is 0. The zero-order chi connectivity index (χ0) is 15.1. The Morgan fingerprint density at radius 1 is 0.905 bits per heavy atom. The molecule has 0 saturated carbocycles. The van der Waals surface area contributed by atoms with Crippen molar-refractivity contribution >= 4 is 14.0 Å². The maximum Gasteiger partial charge on any atom is 1.00 e. The van der Waals surface area contributed by atoms with Gasteiger partial charge >= 0.3 is 57.4 Å². The van der Waals surface area contributed by atoms with Crippen LogP contribution < -0.4 is 56.3 Å². The molecule has 0 aliphatic heterocycles. The molecule has 0 bridgehead atoms. The van der Waals surface area contributed by atoms with E-state index in [1.807, 2.05) is 6.92 Å². The molecule has 120 valence electrons. The van der Waals surface area contributed by atoms with Crippen LogP contribution in [-0.2, 0) is 14.1 Å². The molecule has 0 heterocycles. The molecule has 21 heavy (non-hydrogen) atoms. The third-order valence-corrected chi connectivity index (χ3v) is 4.08. The zero-order valence-electron chi connectivity index (χ0n) is 13.8. The monoisotopic (exact) mass is 344 g/mol. The summed E-state index contributed by atoms with van der Waals surface area (Å²) in [5, 5.41) is 0. The number of ether oxygens (including phenoxy) is 1. The van der Waals surface area contributed by atoms with E-state index in [1.165, 1.54) is 32.1 Å². The SMILES string of the molecule is CCOC(=O)CCCCCCCCCCCC[PH](=O)[O-].[K+]. The van der Waals surface area contributed by atoms with Crippen molar-refractivity contribution < 1.29 is 70.4 Å². The van der Waals surface area contributed by atoms with Crippen LogP contribution in [0.5, 0.6) is 0 Å². The average Bonchev–Trinajstić information content (AvgIpc) is 2.40. The summed E-state index contributed by atoms with van der Waals surface area (Å²) in [6.07, 6.45) is 12.1. The minimum absolute atomic E-state index is 0. The molecule has 0 spiro atoms. The summed E-state index contributed by atoms with van der Waals surface area (Å²) in [6.45, 7) is 2.31. The minimum Gasteiger partial charge on any atom is -0.802 e. The molecule has 0 aromatic carbocycles. The second-order valence-corrected chi connectivity index (χ2v) is 6.46. The first-order valence-electron chi connectivity index (χ1n) is 8.02. The molecule has 4 nitrogen and oxygen atoms in total. The molecule has 0 fully saturated rings. The van der Waals surface area contributed by atoms with E-state index in [2.05, 4.69) is 0 Å². The van der Waals surface area contributed by atoms with Gasteiger partial charge in [-0.05, 0) is 25.9 Å². The Kier molecular flexibility index (Phi) is 22.6. The first-order chi connectivity index (χ1) is 9.66. The Labute approximate surface area is 173 Å². The standard InChI is InChI=1S/C15H31O4P.K/c1-2-19-15(16)13-11-9-7-5-3-4-6-8-10-12-14-20(17)18;/h20H,2-14H2,1H3,(H,17,18);/q;+1/p-1. The van der Waals surface area contributed by atoms with Gasteiger partial charge in [-0.25, -0.2) is 0 Å². The summed E-state index contributed by atoms with van der Waals surface area (Å²) in [5.41, 5.74) is 0. The molecule has 1 unspecified atom stereocenters. The van der Waals surface area contributed by atoms with Gasteiger partial charge in [0.15, 0.2) is 0 Å². The van der Waals surface area contributed by atoms with Gasteiger partial charge in [-0.1, -0.05) is 51.4 Å². The molecule has 0 rings (SSSR count). The van der Waals surface area contributed by atoms with Crippen molar-refractivity contribution in [1.82, 2.24) is 0 Å². The number of rotatable bonds is 14. The van der Waals surface area contributed by atoms with Crippen LogP contribution in [0.1, 0.15) is 77.6 Å². The van der Waals surface area contributed by atoms with Crippen LogP contribution in [0.4, 0.5) is 0 Å². The molecular weight excluding hydrogens is 314 g/mol. The van der Waals surface area contributed by atoms with Crippen LogP contribution in [0.25, 0.3) is 0 Å². The van der Waals surface area contributed by atoms with Crippen LogP contribution in [0.15, 0.2) is 0 Å². The van der Waals surface area contributed by atoms with Crippen LogP contribution in [0.2, 0.25) is 0 Å². The van der Waals surface area contributed by atoms with E-state index in [0.29, 0.717) is 19.2 Å². The van der Waals surface area contributed by atoms with Gasteiger partial charge in [0.1, 0.15) is 0 Å². The topological polar surface area (TPSA) is 66.4 Å². The number of unbranched alkanes of at least 4 members (excludes halogenated alkanes) is 9. The summed E-state index contributed by atoms with van der Waals surface area (Å²) < 4.78 is 15.3. The number of esters is 1. The minimum atomic E-state index is -2.49. The van der Waals surface area contributed by atoms with Gasteiger partial charge in [0.25, 0.3) is 0 Å². The molecule has 0 aromatic heterocycles. The van der Waals surface area contributed by atoms with E-state index >= 15 is 0 Å². The summed E-state index contributed by atoms with van der Waals surface area (Å²) in [6, 6.07) is 0. The predicted molar refractivity (Wildman–Crippen MR) is 81.3 cm³/mol. The fraction of sp³-hybridized carbons (Fsp3) is 0.933. The second kappa shape index (κ2) is 19.3. The summed E-state index contributed by atoms with van der Waals surface area (Å²) in [5.74, 6) is -0.0758. The van der Waals surface area contributed by atoms with Crippen molar-refractivity contribution in [3.8, 4) is 0 Å². The Bertz CT molecular complexity index is 262. The van der Waals surface area contributed by atoms with E-state index in [4.69, 9.17) is 4.74 Å². The Balaban J connectivity index is 0. The smallest absolute Gasteiger partial charge is 0.802 e. The van der Waals surface area contributed by atoms with Gasteiger partial charge < -0.3 is 14.2 Å². The van der Waals surface area contributed by atoms with Gasteiger partial charge in [0.2, 0.25) is 0 Å². The molecular formula is C15H30KO4P. The molecule has 0 radical (unpaired) electrons. The van der Waals surface area contributed by atoms with Crippen LogP contribution >= 0.6 is 8.03 Å². The van der Waals surface area contributed by atoms with Crippen molar-refractivity contribution in [3.05, 3.63) is 0 Å². The van der Waals surface area contributed by atoms with Crippen LogP contribution in [-0.4, -0.2) is 18.7 Å². The van der Waals surface area contributed by atoms with Crippen molar-refractivity contribution in [3.63, 3.8) is 0 Å². The molecule has 6 heteroatoms. The average molecular weight is 344 g/mol. The van der Waals surface area contributed by atoms with E-state index in [-0.39, 0.29) is 57.4 Å². The van der Waals surface area contributed by atoms with Gasteiger partial charge in [0.05, 0.1) is 6.61 Å². The first kappa shape index (κ1) is 24.5. The normalized spacial score (nSPS) is 11.7. The maximum absolute atomic E-state index is 11.1. The Morgan fingerprint density at radius 2 is 1.33 bits per heavy atom. The van der Waals surface area contributed by atoms with Crippen LogP contribution in [0, 0.1) is 0 Å². The summed E-state index contributed by atoms with van der Waals surface area (Å²) in [4.78, 5) is 21.5. The zero-order valence-corrected chi connectivity index (χ0v) is 17.9. The molecule has 1 atom stereocenters. The largest absolute Gasteiger partial charge is 1.00 e. The van der Waals surface area contributed by atoms with E-state index in [1.54, 1.807) is 0 Å². The Morgan fingerprint density at radius 3 is 1.76 bits per heavy atom. The molecule has 0 amide bonds. The number of carbonyl (C=O) groups is 1. The number of carbonyl (C=O) groups excluding carboxylic acids is 1. The van der Waals surface area contributed by atoms with E-state index in [9.17, 15) is 14.3 Å². The fourth-order valence-electron chi connectivity index (χ4n) is 2.19. The molecule has 0 aromatic rings.